The van der Waals surface area contributed by atoms with Gasteiger partial charge in [-0.3, -0.25) is 4.79 Å². The van der Waals surface area contributed by atoms with Crippen molar-refractivity contribution >= 4 is 29.7 Å². The molecule has 146 valence electrons. The van der Waals surface area contributed by atoms with Crippen LogP contribution in [0.1, 0.15) is 42.9 Å². The number of hydrogen-bond acceptors (Lipinski definition) is 3. The first kappa shape index (κ1) is 20.4. The molecule has 1 aliphatic carbocycles. The number of rotatable bonds is 6. The Bertz CT molecular complexity index is 738. The van der Waals surface area contributed by atoms with E-state index in [0.717, 1.165) is 31.6 Å². The van der Waals surface area contributed by atoms with Gasteiger partial charge in [-0.25, -0.2) is 0 Å². The van der Waals surface area contributed by atoms with Gasteiger partial charge in [-0.1, -0.05) is 31.2 Å². The summed E-state index contributed by atoms with van der Waals surface area (Å²) < 4.78 is 0. The molecule has 1 amide bonds. The number of nitrogens with zero attached hydrogens (tertiary/aromatic N) is 1. The molecule has 1 aliphatic heterocycles. The maximum atomic E-state index is 13.2. The van der Waals surface area contributed by atoms with Gasteiger partial charge in [-0.2, -0.15) is 11.3 Å². The highest BCUT2D eigenvalue weighted by molar-refractivity contribution is 7.07. The number of amides is 1. The number of benzene rings is 1. The van der Waals surface area contributed by atoms with Crippen LogP contribution in [0.2, 0.25) is 0 Å². The van der Waals surface area contributed by atoms with E-state index in [9.17, 15) is 4.79 Å². The molecule has 1 saturated heterocycles. The maximum Gasteiger partial charge on any atom is 0.227 e. The van der Waals surface area contributed by atoms with Crippen LogP contribution in [0.5, 0.6) is 0 Å². The number of piperidine rings is 1. The fraction of sp³-hybridized carbons (Fsp3) is 0.500. The van der Waals surface area contributed by atoms with Gasteiger partial charge in [-0.05, 0) is 77.7 Å². The van der Waals surface area contributed by atoms with Crippen LogP contribution >= 0.6 is 23.7 Å². The zero-order valence-corrected chi connectivity index (χ0v) is 17.6. The Morgan fingerprint density at radius 3 is 2.48 bits per heavy atom. The second kappa shape index (κ2) is 8.76. The smallest absolute Gasteiger partial charge is 0.227 e. The summed E-state index contributed by atoms with van der Waals surface area (Å²) in [6, 6.07) is 11.1. The van der Waals surface area contributed by atoms with E-state index in [0.29, 0.717) is 17.9 Å². The van der Waals surface area contributed by atoms with Crippen LogP contribution in [-0.2, 0) is 24.2 Å². The van der Waals surface area contributed by atoms with Crippen molar-refractivity contribution in [1.29, 1.82) is 0 Å². The Kier molecular flexibility index (Phi) is 6.61. The third-order valence-corrected chi connectivity index (χ3v) is 6.89. The van der Waals surface area contributed by atoms with Gasteiger partial charge < -0.3 is 10.2 Å². The van der Waals surface area contributed by atoms with E-state index in [1.807, 2.05) is 0 Å². The van der Waals surface area contributed by atoms with Crippen LogP contribution in [-0.4, -0.2) is 29.9 Å². The topological polar surface area (TPSA) is 32.3 Å². The number of aryl methyl sites for hydroxylation is 1. The highest BCUT2D eigenvalue weighted by atomic mass is 35.5. The molecule has 1 spiro atoms. The van der Waals surface area contributed by atoms with Crippen LogP contribution in [0.3, 0.4) is 0 Å². The van der Waals surface area contributed by atoms with Crippen molar-refractivity contribution in [3.05, 3.63) is 57.8 Å². The summed E-state index contributed by atoms with van der Waals surface area (Å²) in [5, 5.41) is 7.74. The summed E-state index contributed by atoms with van der Waals surface area (Å²) in [6.45, 7) is 5.11. The number of halogens is 1. The Morgan fingerprint density at radius 2 is 1.85 bits per heavy atom. The van der Waals surface area contributed by atoms with E-state index >= 15 is 0 Å². The number of carbonyl (C=O) groups excluding carboxylic acids is 1. The van der Waals surface area contributed by atoms with Crippen LogP contribution in [0.25, 0.3) is 0 Å². The molecule has 2 fully saturated rings. The van der Waals surface area contributed by atoms with Crippen molar-refractivity contribution in [1.82, 2.24) is 10.2 Å². The molecular weight excluding hydrogens is 376 g/mol. The van der Waals surface area contributed by atoms with Crippen molar-refractivity contribution in [3.8, 4) is 0 Å². The molecular formula is C22H29ClN2OS. The largest absolute Gasteiger partial charge is 0.334 e. The number of hydrogen-bond donors (Lipinski definition) is 1. The fourth-order valence-corrected chi connectivity index (χ4v) is 5.01. The number of carbonyl (C=O) groups is 1. The molecule has 2 aliphatic rings. The lowest BCUT2D eigenvalue weighted by atomic mass is 9.93. The van der Waals surface area contributed by atoms with Gasteiger partial charge >= 0.3 is 0 Å². The quantitative estimate of drug-likeness (QED) is 0.771. The molecule has 2 heterocycles. The van der Waals surface area contributed by atoms with Crippen LogP contribution < -0.4 is 5.32 Å². The molecule has 3 nitrogen and oxygen atoms in total. The minimum Gasteiger partial charge on any atom is -0.334 e. The Labute approximate surface area is 172 Å². The van der Waals surface area contributed by atoms with Gasteiger partial charge in [0, 0.05) is 12.6 Å². The Hall–Kier alpha value is -1.36. The minimum absolute atomic E-state index is 0. The molecule has 4 rings (SSSR count). The normalized spacial score (nSPS) is 20.1. The van der Waals surface area contributed by atoms with Gasteiger partial charge in [-0.15, -0.1) is 12.4 Å². The SMILES string of the molecule is CCc1ccc(CC(=O)N(Cc2ccsc2)C2CC23CCNCC3)cc1.Cl. The first-order valence-electron chi connectivity index (χ1n) is 9.79. The van der Waals surface area contributed by atoms with Crippen LogP contribution in [0, 0.1) is 5.41 Å². The third kappa shape index (κ3) is 4.56. The molecule has 1 atom stereocenters. The molecule has 5 heteroatoms. The first-order valence-corrected chi connectivity index (χ1v) is 10.7. The summed E-state index contributed by atoms with van der Waals surface area (Å²) >= 11 is 1.71. The zero-order chi connectivity index (χ0) is 18.0. The number of nitrogens with one attached hydrogen (secondary N) is 1. The minimum atomic E-state index is 0. The van der Waals surface area contributed by atoms with Crippen molar-refractivity contribution < 1.29 is 4.79 Å². The van der Waals surface area contributed by atoms with E-state index in [1.165, 1.54) is 30.4 Å². The van der Waals surface area contributed by atoms with Crippen molar-refractivity contribution in [2.45, 2.75) is 51.6 Å². The average Bonchev–Trinajstić information content (AvgIpc) is 3.09. The lowest BCUT2D eigenvalue weighted by Crippen LogP contribution is -2.39. The Balaban J connectivity index is 0.00000210. The molecule has 1 N–H and O–H groups in total. The van der Waals surface area contributed by atoms with Crippen LogP contribution in [0.4, 0.5) is 0 Å². The maximum absolute atomic E-state index is 13.2. The monoisotopic (exact) mass is 404 g/mol. The predicted octanol–water partition coefficient (Wildman–Crippen LogP) is 4.45. The van der Waals surface area contributed by atoms with Crippen molar-refractivity contribution in [3.63, 3.8) is 0 Å². The van der Waals surface area contributed by atoms with Gasteiger partial charge in [0.1, 0.15) is 0 Å². The zero-order valence-electron chi connectivity index (χ0n) is 15.9. The third-order valence-electron chi connectivity index (χ3n) is 6.16. The van der Waals surface area contributed by atoms with Gasteiger partial charge in [0.05, 0.1) is 6.42 Å². The summed E-state index contributed by atoms with van der Waals surface area (Å²) in [5.41, 5.74) is 4.10. The molecule has 2 aromatic rings. The number of thiophene rings is 1. The summed E-state index contributed by atoms with van der Waals surface area (Å²) in [6.07, 6.45) is 5.14. The van der Waals surface area contributed by atoms with Crippen molar-refractivity contribution in [2.24, 2.45) is 5.41 Å². The van der Waals surface area contributed by atoms with Crippen LogP contribution in [0.15, 0.2) is 41.1 Å². The Morgan fingerprint density at radius 1 is 1.15 bits per heavy atom. The van der Waals surface area contributed by atoms with Crippen molar-refractivity contribution in [2.75, 3.05) is 13.1 Å². The molecule has 1 aromatic carbocycles. The van der Waals surface area contributed by atoms with Gasteiger partial charge in [0.15, 0.2) is 0 Å². The highest BCUT2D eigenvalue weighted by Gasteiger charge is 2.57. The molecule has 1 aromatic heterocycles. The van der Waals surface area contributed by atoms with Gasteiger partial charge in [0.25, 0.3) is 0 Å². The van der Waals surface area contributed by atoms with Gasteiger partial charge in [0.2, 0.25) is 5.91 Å². The molecule has 0 bridgehead atoms. The van der Waals surface area contributed by atoms with E-state index in [4.69, 9.17) is 0 Å². The van der Waals surface area contributed by atoms with E-state index in [2.05, 4.69) is 58.2 Å². The second-order valence-electron chi connectivity index (χ2n) is 7.83. The molecule has 0 radical (unpaired) electrons. The standard InChI is InChI=1S/C22H28N2OS.ClH/c1-2-17-3-5-18(6-4-17)13-21(25)24(15-19-7-12-26-16-19)20-14-22(20)8-10-23-11-9-22;/h3-7,12,16,20,23H,2,8-11,13-15H2,1H3;1H. The summed E-state index contributed by atoms with van der Waals surface area (Å²) in [7, 11) is 0. The van der Waals surface area contributed by atoms with E-state index < -0.39 is 0 Å². The van der Waals surface area contributed by atoms with E-state index in [1.54, 1.807) is 11.3 Å². The lowest BCUT2D eigenvalue weighted by molar-refractivity contribution is -0.132. The molecule has 27 heavy (non-hydrogen) atoms. The summed E-state index contributed by atoms with van der Waals surface area (Å²) in [5.74, 6) is 0.279. The second-order valence-corrected chi connectivity index (χ2v) is 8.61. The molecule has 1 unspecified atom stereocenters. The molecule has 1 saturated carbocycles. The highest BCUT2D eigenvalue weighted by Crippen LogP contribution is 2.56. The van der Waals surface area contributed by atoms with E-state index in [-0.39, 0.29) is 18.3 Å². The first-order chi connectivity index (χ1) is 12.7. The predicted molar refractivity (Wildman–Crippen MR) is 115 cm³/mol. The fourth-order valence-electron chi connectivity index (χ4n) is 4.35. The summed E-state index contributed by atoms with van der Waals surface area (Å²) in [4.78, 5) is 15.4. The average molecular weight is 405 g/mol. The lowest BCUT2D eigenvalue weighted by Gasteiger charge is -2.29.